The van der Waals surface area contributed by atoms with Gasteiger partial charge in [0, 0.05) is 18.3 Å². The van der Waals surface area contributed by atoms with Crippen LogP contribution in [0.25, 0.3) is 6.08 Å². The molecule has 0 saturated heterocycles. The van der Waals surface area contributed by atoms with Gasteiger partial charge < -0.3 is 9.47 Å². The van der Waals surface area contributed by atoms with Crippen LogP contribution in [-0.4, -0.2) is 29.3 Å². The van der Waals surface area contributed by atoms with E-state index in [9.17, 15) is 13.6 Å². The highest BCUT2D eigenvalue weighted by Crippen LogP contribution is 2.32. The van der Waals surface area contributed by atoms with Crippen LogP contribution in [0.4, 0.5) is 8.78 Å². The number of fused-ring (bicyclic) bond motifs is 1. The van der Waals surface area contributed by atoms with Crippen LogP contribution >= 0.6 is 0 Å². The number of aromatic nitrogens is 2. The van der Waals surface area contributed by atoms with E-state index >= 15 is 0 Å². The first-order chi connectivity index (χ1) is 11.5. The molecule has 0 spiro atoms. The third kappa shape index (κ3) is 3.02. The molecule has 2 aromatic rings. The number of methoxy groups -OCH3 is 1. The summed E-state index contributed by atoms with van der Waals surface area (Å²) in [7, 11) is 3.19. The van der Waals surface area contributed by atoms with Crippen LogP contribution in [0, 0.1) is 0 Å². The number of alkyl halides is 2. The molecule has 24 heavy (non-hydrogen) atoms. The molecule has 0 radical (unpaired) electrons. The highest BCUT2D eigenvalue weighted by molar-refractivity contribution is 6.12. The molecule has 0 atom stereocenters. The van der Waals surface area contributed by atoms with Crippen molar-refractivity contribution < 1.29 is 23.0 Å². The Balaban J connectivity index is 1.90. The number of carbonyl (C=O) groups excluding carboxylic acids is 1. The van der Waals surface area contributed by atoms with Gasteiger partial charge in [-0.2, -0.15) is 13.9 Å². The van der Waals surface area contributed by atoms with Crippen molar-refractivity contribution >= 4 is 11.9 Å². The molecule has 0 amide bonds. The molecule has 7 heteroatoms. The number of ketones is 1. The Morgan fingerprint density at radius 2 is 2.08 bits per heavy atom. The van der Waals surface area contributed by atoms with Crippen LogP contribution in [-0.2, 0) is 13.5 Å². The molecule has 1 aliphatic rings. The maximum absolute atomic E-state index is 12.5. The van der Waals surface area contributed by atoms with Crippen molar-refractivity contribution in [2.24, 2.45) is 7.05 Å². The smallest absolute Gasteiger partial charge is 0.387 e. The highest BCUT2D eigenvalue weighted by Gasteiger charge is 2.25. The molecule has 0 aliphatic heterocycles. The van der Waals surface area contributed by atoms with E-state index in [0.717, 1.165) is 12.1 Å². The van der Waals surface area contributed by atoms with Gasteiger partial charge in [-0.25, -0.2) is 0 Å². The molecule has 5 nitrogen and oxygen atoms in total. The van der Waals surface area contributed by atoms with Gasteiger partial charge in [-0.15, -0.1) is 0 Å². The van der Waals surface area contributed by atoms with Gasteiger partial charge in [0.15, 0.2) is 17.3 Å². The molecule has 126 valence electrons. The first kappa shape index (κ1) is 16.2. The summed E-state index contributed by atoms with van der Waals surface area (Å²) >= 11 is 0. The van der Waals surface area contributed by atoms with Crippen molar-refractivity contribution in [1.82, 2.24) is 9.78 Å². The van der Waals surface area contributed by atoms with E-state index < -0.39 is 6.61 Å². The maximum atomic E-state index is 12.5. The Bertz CT molecular complexity index is 812. The van der Waals surface area contributed by atoms with Gasteiger partial charge in [-0.3, -0.25) is 9.48 Å². The third-order valence-corrected chi connectivity index (χ3v) is 3.97. The van der Waals surface area contributed by atoms with E-state index in [2.05, 4.69) is 9.84 Å². The van der Waals surface area contributed by atoms with Gasteiger partial charge in [-0.05, 0) is 36.6 Å². The molecule has 1 aliphatic carbocycles. The molecule has 0 saturated carbocycles. The summed E-state index contributed by atoms with van der Waals surface area (Å²) < 4.78 is 35.9. The van der Waals surface area contributed by atoms with Crippen LogP contribution in [0.2, 0.25) is 0 Å². The van der Waals surface area contributed by atoms with Gasteiger partial charge in [0.25, 0.3) is 0 Å². The molecule has 0 bridgehead atoms. The predicted molar refractivity (Wildman–Crippen MR) is 83.5 cm³/mol. The molecular weight excluding hydrogens is 318 g/mol. The minimum atomic E-state index is -2.92. The summed E-state index contributed by atoms with van der Waals surface area (Å²) in [5.41, 5.74) is 2.87. The zero-order valence-electron chi connectivity index (χ0n) is 13.3. The molecule has 0 unspecified atom stereocenters. The number of ether oxygens (including phenoxy) is 2. The number of nitrogens with zero attached hydrogens (tertiary/aromatic N) is 2. The van der Waals surface area contributed by atoms with Crippen molar-refractivity contribution in [3.05, 3.63) is 46.8 Å². The minimum Gasteiger partial charge on any atom is -0.493 e. The van der Waals surface area contributed by atoms with E-state index in [1.165, 1.54) is 13.2 Å². The third-order valence-electron chi connectivity index (χ3n) is 3.97. The van der Waals surface area contributed by atoms with Crippen LogP contribution in [0.3, 0.4) is 0 Å². The molecule has 1 aromatic carbocycles. The standard InChI is InChI=1S/C17H16F2N2O3/c1-21-13-5-4-11(16(22)12(13)9-20-21)7-10-3-6-14(24-17(18)19)15(8-10)23-2/h3,6-9,17H,4-5H2,1-2H3. The van der Waals surface area contributed by atoms with Gasteiger partial charge in [0.2, 0.25) is 0 Å². The Morgan fingerprint density at radius 1 is 1.29 bits per heavy atom. The van der Waals surface area contributed by atoms with Crippen molar-refractivity contribution in [1.29, 1.82) is 0 Å². The number of carbonyl (C=O) groups is 1. The number of hydrogen-bond donors (Lipinski definition) is 0. The summed E-state index contributed by atoms with van der Waals surface area (Å²) in [6.45, 7) is -2.92. The molecular formula is C17H16F2N2O3. The lowest BCUT2D eigenvalue weighted by Crippen LogP contribution is -2.15. The first-order valence-electron chi connectivity index (χ1n) is 7.38. The topological polar surface area (TPSA) is 53.4 Å². The second-order valence-electron chi connectivity index (χ2n) is 5.42. The monoisotopic (exact) mass is 334 g/mol. The van der Waals surface area contributed by atoms with E-state index in [1.54, 1.807) is 29.1 Å². The summed E-state index contributed by atoms with van der Waals surface area (Å²) in [5.74, 6) is 0.0883. The van der Waals surface area contributed by atoms with Gasteiger partial charge in [0.1, 0.15) is 0 Å². The Hall–Kier alpha value is -2.70. The van der Waals surface area contributed by atoms with E-state index in [1.807, 2.05) is 7.05 Å². The number of Topliss-reactive ketones (excluding diaryl/α,β-unsaturated/α-hetero) is 1. The van der Waals surface area contributed by atoms with Gasteiger partial charge in [0.05, 0.1) is 18.9 Å². The summed E-state index contributed by atoms with van der Waals surface area (Å²) in [6, 6.07) is 4.58. The lowest BCUT2D eigenvalue weighted by molar-refractivity contribution is -0.0512. The molecule has 1 heterocycles. The lowest BCUT2D eigenvalue weighted by Gasteiger charge is -2.15. The summed E-state index contributed by atoms with van der Waals surface area (Å²) in [4.78, 5) is 12.5. The van der Waals surface area contributed by atoms with Crippen LogP contribution in [0.1, 0.15) is 28.0 Å². The van der Waals surface area contributed by atoms with Gasteiger partial charge in [-0.1, -0.05) is 6.07 Å². The number of halogens is 2. The predicted octanol–water partition coefficient (Wildman–Crippen LogP) is 3.24. The van der Waals surface area contributed by atoms with Crippen molar-refractivity contribution in [3.63, 3.8) is 0 Å². The van der Waals surface area contributed by atoms with Crippen LogP contribution in [0.5, 0.6) is 11.5 Å². The van der Waals surface area contributed by atoms with Crippen molar-refractivity contribution in [2.75, 3.05) is 7.11 Å². The van der Waals surface area contributed by atoms with Crippen LogP contribution in [0.15, 0.2) is 30.0 Å². The zero-order chi connectivity index (χ0) is 17.3. The largest absolute Gasteiger partial charge is 0.493 e. The zero-order valence-corrected chi connectivity index (χ0v) is 13.3. The average molecular weight is 334 g/mol. The second-order valence-corrected chi connectivity index (χ2v) is 5.42. The van der Waals surface area contributed by atoms with E-state index in [0.29, 0.717) is 23.1 Å². The van der Waals surface area contributed by atoms with Crippen molar-refractivity contribution in [2.45, 2.75) is 19.5 Å². The number of aryl methyl sites for hydroxylation is 1. The van der Waals surface area contributed by atoms with E-state index in [4.69, 9.17) is 4.74 Å². The average Bonchev–Trinajstić information content (AvgIpc) is 2.93. The molecule has 0 fully saturated rings. The summed E-state index contributed by atoms with van der Waals surface area (Å²) in [6.07, 6.45) is 4.65. The number of hydrogen-bond acceptors (Lipinski definition) is 4. The molecule has 3 rings (SSSR count). The SMILES string of the molecule is COc1cc(C=C2CCc3c(cnn3C)C2=O)ccc1OC(F)F. The second kappa shape index (κ2) is 6.43. The Morgan fingerprint density at radius 3 is 2.79 bits per heavy atom. The lowest BCUT2D eigenvalue weighted by atomic mass is 9.90. The number of allylic oxidation sites excluding steroid dienone is 1. The molecule has 0 N–H and O–H groups in total. The number of benzene rings is 1. The Kier molecular flexibility index (Phi) is 4.33. The molecule has 1 aromatic heterocycles. The fourth-order valence-electron chi connectivity index (χ4n) is 2.79. The van der Waals surface area contributed by atoms with Crippen molar-refractivity contribution in [3.8, 4) is 11.5 Å². The summed E-state index contributed by atoms with van der Waals surface area (Å²) in [5, 5.41) is 4.12. The first-order valence-corrected chi connectivity index (χ1v) is 7.38. The van der Waals surface area contributed by atoms with E-state index in [-0.39, 0.29) is 17.3 Å². The fourth-order valence-corrected chi connectivity index (χ4v) is 2.79. The van der Waals surface area contributed by atoms with Gasteiger partial charge >= 0.3 is 6.61 Å². The highest BCUT2D eigenvalue weighted by atomic mass is 19.3. The normalized spacial score (nSPS) is 15.7. The van der Waals surface area contributed by atoms with Crippen LogP contribution < -0.4 is 9.47 Å². The minimum absolute atomic E-state index is 0.0424. The number of rotatable bonds is 4. The quantitative estimate of drug-likeness (QED) is 0.806. The fraction of sp³-hybridized carbons (Fsp3) is 0.294. The maximum Gasteiger partial charge on any atom is 0.387 e. The Labute approximate surface area is 137 Å².